The van der Waals surface area contributed by atoms with E-state index < -0.39 is 0 Å². The van der Waals surface area contributed by atoms with E-state index in [9.17, 15) is 0 Å². The van der Waals surface area contributed by atoms with Crippen LogP contribution in [-0.4, -0.2) is 18.0 Å². The van der Waals surface area contributed by atoms with Crippen LogP contribution in [0.1, 0.15) is 29.0 Å². The first-order valence-corrected chi connectivity index (χ1v) is 7.57. The molecule has 0 N–H and O–H groups in total. The van der Waals surface area contributed by atoms with Crippen LogP contribution < -0.4 is 0 Å². The lowest BCUT2D eigenvalue weighted by Crippen LogP contribution is -2.34. The molecule has 0 saturated heterocycles. The third kappa shape index (κ3) is 2.36. The molecule has 1 aliphatic rings. The van der Waals surface area contributed by atoms with Crippen LogP contribution in [0.2, 0.25) is 0 Å². The van der Waals surface area contributed by atoms with E-state index >= 15 is 0 Å². The second kappa shape index (κ2) is 5.25. The Hall–Kier alpha value is -1.12. The summed E-state index contributed by atoms with van der Waals surface area (Å²) in [7, 11) is 0. The molecule has 1 nitrogen and oxygen atoms in total. The van der Waals surface area contributed by atoms with Crippen LogP contribution in [0.5, 0.6) is 0 Å². The number of hydrogen-bond acceptors (Lipinski definition) is 2. The largest absolute Gasteiger partial charge is 0.295 e. The lowest BCUT2D eigenvalue weighted by Gasteiger charge is -2.33. The third-order valence-corrected chi connectivity index (χ3v) is 5.04. The molecule has 0 fully saturated rings. The van der Waals surface area contributed by atoms with Gasteiger partial charge in [-0.25, -0.2) is 0 Å². The van der Waals surface area contributed by atoms with E-state index in [0.717, 1.165) is 6.42 Å². The molecule has 0 radical (unpaired) electrons. The molecule has 1 aromatic heterocycles. The highest BCUT2D eigenvalue weighted by Crippen LogP contribution is 2.33. The summed E-state index contributed by atoms with van der Waals surface area (Å²) in [5.74, 6) is 0. The number of thiophene rings is 1. The summed E-state index contributed by atoms with van der Waals surface area (Å²) in [6.45, 7) is 4.72. The standard InChI is InChI=1S/C16H19NS/c1-13-16-15(9-12-18-16)8-11-17(13)10-7-14-5-3-2-4-6-14/h2-6,9,12-13H,7-8,10-11H2,1H3. The molecule has 0 saturated carbocycles. The summed E-state index contributed by atoms with van der Waals surface area (Å²) >= 11 is 1.92. The second-order valence-electron chi connectivity index (χ2n) is 5.01. The highest BCUT2D eigenvalue weighted by atomic mass is 32.1. The van der Waals surface area contributed by atoms with Crippen molar-refractivity contribution >= 4 is 11.3 Å². The minimum atomic E-state index is 0.595. The van der Waals surface area contributed by atoms with E-state index in [-0.39, 0.29) is 0 Å². The Labute approximate surface area is 113 Å². The number of benzene rings is 1. The monoisotopic (exact) mass is 257 g/mol. The highest BCUT2D eigenvalue weighted by Gasteiger charge is 2.24. The Bertz CT molecular complexity index is 503. The van der Waals surface area contributed by atoms with Gasteiger partial charge in [0.2, 0.25) is 0 Å². The molecular weight excluding hydrogens is 238 g/mol. The molecule has 18 heavy (non-hydrogen) atoms. The first-order chi connectivity index (χ1) is 8.84. The first-order valence-electron chi connectivity index (χ1n) is 6.69. The number of nitrogens with zero attached hydrogens (tertiary/aromatic N) is 1. The average Bonchev–Trinajstić information content (AvgIpc) is 2.88. The van der Waals surface area contributed by atoms with Crippen molar-refractivity contribution in [1.82, 2.24) is 4.90 Å². The van der Waals surface area contributed by atoms with Gasteiger partial charge in [-0.15, -0.1) is 11.3 Å². The van der Waals surface area contributed by atoms with E-state index in [4.69, 9.17) is 0 Å². The summed E-state index contributed by atoms with van der Waals surface area (Å²) in [4.78, 5) is 4.19. The molecule has 2 aromatic rings. The fourth-order valence-corrected chi connectivity index (χ4v) is 3.81. The Balaban J connectivity index is 1.65. The Morgan fingerprint density at radius 3 is 2.89 bits per heavy atom. The Kier molecular flexibility index (Phi) is 3.48. The normalized spacial score (nSPS) is 19.7. The molecule has 1 aliphatic heterocycles. The summed E-state index contributed by atoms with van der Waals surface area (Å²) in [5, 5.41) is 2.24. The van der Waals surface area contributed by atoms with E-state index in [1.807, 2.05) is 11.3 Å². The summed E-state index contributed by atoms with van der Waals surface area (Å²) in [5.41, 5.74) is 3.02. The van der Waals surface area contributed by atoms with Gasteiger partial charge in [0, 0.05) is 24.0 Å². The van der Waals surface area contributed by atoms with Crippen molar-refractivity contribution in [2.75, 3.05) is 13.1 Å². The third-order valence-electron chi connectivity index (χ3n) is 3.91. The zero-order valence-electron chi connectivity index (χ0n) is 10.8. The molecule has 2 heterocycles. The van der Waals surface area contributed by atoms with Gasteiger partial charge in [-0.3, -0.25) is 4.90 Å². The average molecular weight is 257 g/mol. The van der Waals surface area contributed by atoms with Gasteiger partial charge in [-0.2, -0.15) is 0 Å². The van der Waals surface area contributed by atoms with Crippen molar-refractivity contribution in [3.8, 4) is 0 Å². The van der Waals surface area contributed by atoms with E-state index in [1.54, 1.807) is 10.4 Å². The van der Waals surface area contributed by atoms with Crippen molar-refractivity contribution in [2.45, 2.75) is 25.8 Å². The fraction of sp³-hybridized carbons (Fsp3) is 0.375. The van der Waals surface area contributed by atoms with Gasteiger partial charge >= 0.3 is 0 Å². The molecule has 94 valence electrons. The van der Waals surface area contributed by atoms with Crippen LogP contribution in [0, 0.1) is 0 Å². The van der Waals surface area contributed by atoms with Crippen LogP contribution >= 0.6 is 11.3 Å². The minimum Gasteiger partial charge on any atom is -0.295 e. The van der Waals surface area contributed by atoms with Gasteiger partial charge in [-0.1, -0.05) is 30.3 Å². The van der Waals surface area contributed by atoms with Crippen LogP contribution in [0.15, 0.2) is 41.8 Å². The van der Waals surface area contributed by atoms with Crippen LogP contribution in [0.3, 0.4) is 0 Å². The van der Waals surface area contributed by atoms with E-state index in [2.05, 4.69) is 53.6 Å². The van der Waals surface area contributed by atoms with Crippen LogP contribution in [-0.2, 0) is 12.8 Å². The maximum absolute atomic E-state index is 2.62. The number of hydrogen-bond donors (Lipinski definition) is 0. The maximum Gasteiger partial charge on any atom is 0.0416 e. The summed E-state index contributed by atoms with van der Waals surface area (Å²) < 4.78 is 0. The van der Waals surface area contributed by atoms with Gasteiger partial charge in [0.15, 0.2) is 0 Å². The molecule has 0 bridgehead atoms. The summed E-state index contributed by atoms with van der Waals surface area (Å²) in [6, 6.07) is 13.7. The molecule has 1 unspecified atom stereocenters. The first kappa shape index (κ1) is 11.9. The van der Waals surface area contributed by atoms with Gasteiger partial charge < -0.3 is 0 Å². The van der Waals surface area contributed by atoms with Gasteiger partial charge in [0.1, 0.15) is 0 Å². The quantitative estimate of drug-likeness (QED) is 0.806. The molecule has 0 spiro atoms. The molecule has 0 aliphatic carbocycles. The van der Waals surface area contributed by atoms with E-state index in [0.29, 0.717) is 6.04 Å². The van der Waals surface area contributed by atoms with E-state index in [1.165, 1.54) is 25.1 Å². The second-order valence-corrected chi connectivity index (χ2v) is 5.96. The maximum atomic E-state index is 2.62. The van der Waals surface area contributed by atoms with Gasteiger partial charge in [0.25, 0.3) is 0 Å². The topological polar surface area (TPSA) is 3.24 Å². The van der Waals surface area contributed by atoms with Crippen molar-refractivity contribution in [1.29, 1.82) is 0 Å². The van der Waals surface area contributed by atoms with Crippen molar-refractivity contribution in [3.63, 3.8) is 0 Å². The van der Waals surface area contributed by atoms with Gasteiger partial charge in [0.05, 0.1) is 0 Å². The predicted octanol–water partition coefficient (Wildman–Crippen LogP) is 3.91. The zero-order chi connectivity index (χ0) is 12.4. The SMILES string of the molecule is CC1c2sccc2CCN1CCc1ccccc1. The fourth-order valence-electron chi connectivity index (χ4n) is 2.77. The Morgan fingerprint density at radius 2 is 2.06 bits per heavy atom. The predicted molar refractivity (Wildman–Crippen MR) is 78.2 cm³/mol. The molecule has 2 heteroatoms. The molecule has 1 atom stereocenters. The lowest BCUT2D eigenvalue weighted by molar-refractivity contribution is 0.205. The van der Waals surface area contributed by atoms with Crippen molar-refractivity contribution < 1.29 is 0 Å². The minimum absolute atomic E-state index is 0.595. The van der Waals surface area contributed by atoms with Crippen molar-refractivity contribution in [3.05, 3.63) is 57.8 Å². The molecule has 0 amide bonds. The molecular formula is C16H19NS. The summed E-state index contributed by atoms with van der Waals surface area (Å²) in [6.07, 6.45) is 2.38. The lowest BCUT2D eigenvalue weighted by atomic mass is 10.0. The smallest absolute Gasteiger partial charge is 0.0416 e. The van der Waals surface area contributed by atoms with Gasteiger partial charge in [-0.05, 0) is 42.3 Å². The van der Waals surface area contributed by atoms with Crippen LogP contribution in [0.25, 0.3) is 0 Å². The number of fused-ring (bicyclic) bond motifs is 1. The highest BCUT2D eigenvalue weighted by molar-refractivity contribution is 7.10. The van der Waals surface area contributed by atoms with Crippen molar-refractivity contribution in [2.24, 2.45) is 0 Å². The van der Waals surface area contributed by atoms with Crippen LogP contribution in [0.4, 0.5) is 0 Å². The Morgan fingerprint density at radius 1 is 1.22 bits per heavy atom. The molecule has 1 aromatic carbocycles. The number of rotatable bonds is 3. The molecule has 3 rings (SSSR count). The zero-order valence-corrected chi connectivity index (χ0v) is 11.6.